The second kappa shape index (κ2) is 6.33. The number of aromatic nitrogens is 2. The molecule has 0 radical (unpaired) electrons. The van der Waals surface area contributed by atoms with Crippen LogP contribution in [0.1, 0.15) is 23.9 Å². The van der Waals surface area contributed by atoms with Gasteiger partial charge in [-0.25, -0.2) is 18.1 Å². The molecule has 0 aliphatic rings. The lowest BCUT2D eigenvalue weighted by Gasteiger charge is -2.06. The van der Waals surface area contributed by atoms with Crippen LogP contribution in [0.4, 0.5) is 0 Å². The lowest BCUT2D eigenvalue weighted by molar-refractivity contribution is 0.578. The summed E-state index contributed by atoms with van der Waals surface area (Å²) in [6.07, 6.45) is 1.97. The normalized spacial score (nSPS) is 11.5. The van der Waals surface area contributed by atoms with Crippen molar-refractivity contribution in [3.63, 3.8) is 0 Å². The Hall–Kier alpha value is -1.77. The second-order valence-corrected chi connectivity index (χ2v) is 6.61. The molecule has 2 aromatic rings. The van der Waals surface area contributed by atoms with Crippen molar-refractivity contribution in [1.29, 1.82) is 0 Å². The van der Waals surface area contributed by atoms with Gasteiger partial charge in [-0.15, -0.1) is 0 Å². The average molecular weight is 324 g/mol. The lowest BCUT2D eigenvalue weighted by atomic mass is 10.1. The number of thiocarbonyl (C=S) groups is 1. The first kappa shape index (κ1) is 15.6. The van der Waals surface area contributed by atoms with E-state index in [1.165, 1.54) is 6.20 Å². The van der Waals surface area contributed by atoms with Gasteiger partial charge in [-0.1, -0.05) is 43.4 Å². The predicted octanol–water partition coefficient (Wildman–Crippen LogP) is 1.08. The molecule has 0 saturated carbocycles. The van der Waals surface area contributed by atoms with E-state index in [0.29, 0.717) is 17.2 Å². The zero-order valence-corrected chi connectivity index (χ0v) is 13.1. The minimum atomic E-state index is -3.59. The molecule has 0 spiro atoms. The van der Waals surface area contributed by atoms with E-state index in [-0.39, 0.29) is 11.6 Å². The van der Waals surface area contributed by atoms with Gasteiger partial charge in [0.05, 0.1) is 6.20 Å². The van der Waals surface area contributed by atoms with Gasteiger partial charge in [-0.05, 0) is 5.56 Å². The van der Waals surface area contributed by atoms with Gasteiger partial charge in [-0.2, -0.15) is 0 Å². The number of benzene rings is 1. The van der Waals surface area contributed by atoms with Gasteiger partial charge < -0.3 is 10.7 Å². The molecule has 8 heteroatoms. The van der Waals surface area contributed by atoms with Crippen molar-refractivity contribution in [3.05, 3.63) is 47.4 Å². The molecule has 1 heterocycles. The van der Waals surface area contributed by atoms with Crippen LogP contribution in [0.15, 0.2) is 35.5 Å². The number of imidazole rings is 1. The molecule has 0 aliphatic carbocycles. The fourth-order valence-electron chi connectivity index (χ4n) is 1.70. The largest absolute Gasteiger partial charge is 0.389 e. The third-order valence-electron chi connectivity index (χ3n) is 2.93. The van der Waals surface area contributed by atoms with Crippen LogP contribution >= 0.6 is 12.2 Å². The van der Waals surface area contributed by atoms with E-state index in [4.69, 9.17) is 18.0 Å². The number of nitrogens with one attached hydrogen (secondary N) is 2. The van der Waals surface area contributed by atoms with Crippen LogP contribution in [-0.4, -0.2) is 23.4 Å². The first-order chi connectivity index (χ1) is 9.92. The molecule has 21 heavy (non-hydrogen) atoms. The minimum Gasteiger partial charge on any atom is -0.389 e. The molecule has 0 fully saturated rings. The van der Waals surface area contributed by atoms with Crippen molar-refractivity contribution < 1.29 is 8.42 Å². The van der Waals surface area contributed by atoms with Crippen LogP contribution in [-0.2, 0) is 23.0 Å². The number of nitrogens with two attached hydrogens (primary N) is 1. The van der Waals surface area contributed by atoms with Crippen LogP contribution in [0.25, 0.3) is 0 Å². The maximum absolute atomic E-state index is 12.1. The van der Waals surface area contributed by atoms with Gasteiger partial charge in [-0.3, -0.25) is 0 Å². The van der Waals surface area contributed by atoms with Crippen molar-refractivity contribution in [2.45, 2.75) is 24.9 Å². The molecule has 0 unspecified atom stereocenters. The Kier molecular flexibility index (Phi) is 4.71. The van der Waals surface area contributed by atoms with Crippen molar-refractivity contribution in [2.75, 3.05) is 0 Å². The fraction of sp³-hybridized carbons (Fsp3) is 0.231. The molecule has 0 amide bonds. The summed E-state index contributed by atoms with van der Waals surface area (Å²) in [6.45, 7) is 2.08. The Bertz CT molecular complexity index is 736. The second-order valence-electron chi connectivity index (χ2n) is 4.43. The Morgan fingerprint density at radius 1 is 1.38 bits per heavy atom. The summed E-state index contributed by atoms with van der Waals surface area (Å²) in [6, 6.07) is 7.08. The zero-order chi connectivity index (χ0) is 15.5. The van der Waals surface area contributed by atoms with Gasteiger partial charge >= 0.3 is 0 Å². The molecule has 2 rings (SSSR count). The number of rotatable bonds is 6. The van der Waals surface area contributed by atoms with Gasteiger partial charge in [0.15, 0.2) is 5.03 Å². The molecule has 1 aromatic heterocycles. The van der Waals surface area contributed by atoms with Crippen molar-refractivity contribution in [2.24, 2.45) is 5.73 Å². The smallest absolute Gasteiger partial charge is 0.257 e. The number of sulfonamides is 1. The highest BCUT2D eigenvalue weighted by molar-refractivity contribution is 7.89. The summed E-state index contributed by atoms with van der Waals surface area (Å²) in [5.41, 5.74) is 7.07. The van der Waals surface area contributed by atoms with E-state index >= 15 is 0 Å². The highest BCUT2D eigenvalue weighted by atomic mass is 32.2. The number of aromatic amines is 1. The third kappa shape index (κ3) is 3.87. The van der Waals surface area contributed by atoms with Crippen LogP contribution in [0.2, 0.25) is 0 Å². The number of hydrogen-bond acceptors (Lipinski definition) is 4. The first-order valence-corrected chi connectivity index (χ1v) is 8.24. The monoisotopic (exact) mass is 324 g/mol. The van der Waals surface area contributed by atoms with Gasteiger partial charge in [0.25, 0.3) is 10.0 Å². The van der Waals surface area contributed by atoms with Gasteiger partial charge in [0, 0.05) is 18.5 Å². The van der Waals surface area contributed by atoms with Gasteiger partial charge in [0.2, 0.25) is 0 Å². The summed E-state index contributed by atoms with van der Waals surface area (Å²) in [7, 11) is -3.59. The molecule has 0 aliphatic heterocycles. The highest BCUT2D eigenvalue weighted by Gasteiger charge is 2.16. The van der Waals surface area contributed by atoms with Crippen LogP contribution in [0.5, 0.6) is 0 Å². The van der Waals surface area contributed by atoms with E-state index in [0.717, 1.165) is 11.1 Å². The lowest BCUT2D eigenvalue weighted by Crippen LogP contribution is -2.23. The maximum atomic E-state index is 12.1. The molecular formula is C13H16N4O2S2. The van der Waals surface area contributed by atoms with Crippen molar-refractivity contribution in [3.8, 4) is 0 Å². The summed E-state index contributed by atoms with van der Waals surface area (Å²) in [5, 5.41) is 0.0686. The van der Waals surface area contributed by atoms with E-state index in [2.05, 4.69) is 14.7 Å². The number of H-pyrrole nitrogens is 1. The first-order valence-electron chi connectivity index (χ1n) is 6.34. The van der Waals surface area contributed by atoms with E-state index in [1.807, 2.05) is 6.92 Å². The molecule has 0 saturated heterocycles. The van der Waals surface area contributed by atoms with Crippen molar-refractivity contribution in [1.82, 2.24) is 14.7 Å². The third-order valence-corrected chi connectivity index (χ3v) is 4.48. The zero-order valence-electron chi connectivity index (χ0n) is 11.5. The average Bonchev–Trinajstić information content (AvgIpc) is 2.95. The Morgan fingerprint density at radius 3 is 2.57 bits per heavy atom. The summed E-state index contributed by atoms with van der Waals surface area (Å²) in [4.78, 5) is 7.06. The minimum absolute atomic E-state index is 0.0686. The molecular weight excluding hydrogens is 308 g/mol. The molecule has 0 atom stereocenters. The quantitative estimate of drug-likeness (QED) is 0.690. The van der Waals surface area contributed by atoms with Crippen molar-refractivity contribution >= 4 is 27.2 Å². The number of hydrogen-bond donors (Lipinski definition) is 3. The molecule has 0 bridgehead atoms. The Balaban J connectivity index is 2.06. The summed E-state index contributed by atoms with van der Waals surface area (Å²) in [5.74, 6) is 0.635. The van der Waals surface area contributed by atoms with Crippen LogP contribution in [0, 0.1) is 0 Å². The van der Waals surface area contributed by atoms with E-state index in [1.54, 1.807) is 24.3 Å². The summed E-state index contributed by atoms with van der Waals surface area (Å²) < 4.78 is 26.7. The molecule has 6 nitrogen and oxygen atoms in total. The fourth-order valence-corrected chi connectivity index (χ4v) is 2.79. The van der Waals surface area contributed by atoms with E-state index in [9.17, 15) is 8.42 Å². The predicted molar refractivity (Wildman–Crippen MR) is 84.3 cm³/mol. The number of nitrogens with zero attached hydrogens (tertiary/aromatic N) is 1. The van der Waals surface area contributed by atoms with Gasteiger partial charge in [0.1, 0.15) is 10.8 Å². The van der Waals surface area contributed by atoms with E-state index < -0.39 is 10.0 Å². The Morgan fingerprint density at radius 2 is 2.05 bits per heavy atom. The highest BCUT2D eigenvalue weighted by Crippen LogP contribution is 2.09. The summed E-state index contributed by atoms with van der Waals surface area (Å²) >= 11 is 4.86. The standard InChI is InChI=1S/C13H16N4O2S2/c1-2-11-15-8-12(17-11)21(18,19)16-7-9-3-5-10(6-4-9)13(14)20/h3-6,8,16H,2,7H2,1H3,(H2,14,20)(H,15,17). The molecule has 112 valence electrons. The van der Waals surface area contributed by atoms with Crippen LogP contribution < -0.4 is 10.5 Å². The topological polar surface area (TPSA) is 101 Å². The Labute approximate surface area is 128 Å². The number of aryl methyl sites for hydroxylation is 1. The molecule has 1 aromatic carbocycles. The SMILES string of the molecule is CCc1ncc(S(=O)(=O)NCc2ccc(C(N)=S)cc2)[nH]1. The van der Waals surface area contributed by atoms with Crippen LogP contribution in [0.3, 0.4) is 0 Å². The molecule has 4 N–H and O–H groups in total. The maximum Gasteiger partial charge on any atom is 0.257 e.